The molecular weight excluding hydrogens is 396 g/mol. The van der Waals surface area contributed by atoms with Crippen molar-refractivity contribution in [2.75, 3.05) is 0 Å². The predicted molar refractivity (Wildman–Crippen MR) is 117 cm³/mol. The van der Waals surface area contributed by atoms with Crippen LogP contribution in [0.4, 0.5) is 0 Å². The number of aromatic carboxylic acids is 1. The van der Waals surface area contributed by atoms with Gasteiger partial charge in [0.2, 0.25) is 0 Å². The van der Waals surface area contributed by atoms with Crippen LogP contribution in [-0.4, -0.2) is 22.7 Å². The summed E-state index contributed by atoms with van der Waals surface area (Å²) in [5, 5.41) is 24.3. The van der Waals surface area contributed by atoms with E-state index in [1.807, 2.05) is 6.07 Å². The lowest BCUT2D eigenvalue weighted by Gasteiger charge is -2.11. The van der Waals surface area contributed by atoms with Crippen molar-refractivity contribution in [2.45, 2.75) is 13.2 Å². The van der Waals surface area contributed by atoms with Crippen molar-refractivity contribution in [1.82, 2.24) is 0 Å². The normalized spacial score (nSPS) is 10.3. The van der Waals surface area contributed by atoms with Crippen molar-refractivity contribution in [1.29, 1.82) is 10.8 Å². The van der Waals surface area contributed by atoms with E-state index in [9.17, 15) is 9.90 Å². The van der Waals surface area contributed by atoms with Crippen LogP contribution in [0.5, 0.6) is 11.5 Å². The second kappa shape index (κ2) is 9.45. The molecule has 0 heterocycles. The fraction of sp³-hybridized carbons (Fsp3) is 0.0870. The van der Waals surface area contributed by atoms with Crippen LogP contribution in [0.2, 0.25) is 0 Å². The van der Waals surface area contributed by atoms with Crippen LogP contribution < -0.4 is 20.9 Å². The smallest absolute Gasteiger partial charge is 0.335 e. The minimum atomic E-state index is -1.04. The molecule has 158 valence electrons. The van der Waals surface area contributed by atoms with Crippen molar-refractivity contribution in [3.8, 4) is 11.5 Å². The maximum absolute atomic E-state index is 11.5. The SMILES string of the molecule is N=C(N)c1ccc(OCc2cc(COc3ccc(C(=N)N)cc3)cc(C(=O)O)c2)cc1. The van der Waals surface area contributed by atoms with Crippen LogP contribution in [0, 0.1) is 10.8 Å². The summed E-state index contributed by atoms with van der Waals surface area (Å²) in [5.41, 5.74) is 13.6. The summed E-state index contributed by atoms with van der Waals surface area (Å²) >= 11 is 0. The average molecular weight is 418 g/mol. The molecule has 0 saturated heterocycles. The van der Waals surface area contributed by atoms with E-state index < -0.39 is 5.97 Å². The largest absolute Gasteiger partial charge is 0.489 e. The predicted octanol–water partition coefficient (Wildman–Crippen LogP) is 3.11. The van der Waals surface area contributed by atoms with Gasteiger partial charge < -0.3 is 26.0 Å². The van der Waals surface area contributed by atoms with Crippen molar-refractivity contribution >= 4 is 17.6 Å². The van der Waals surface area contributed by atoms with E-state index in [2.05, 4.69) is 0 Å². The van der Waals surface area contributed by atoms with Gasteiger partial charge in [-0.15, -0.1) is 0 Å². The van der Waals surface area contributed by atoms with Gasteiger partial charge in [0, 0.05) is 11.1 Å². The Bertz CT molecular complexity index is 1030. The number of nitrogens with two attached hydrogens (primary N) is 2. The van der Waals surface area contributed by atoms with Gasteiger partial charge in [0.05, 0.1) is 5.56 Å². The third-order valence-corrected chi connectivity index (χ3v) is 4.44. The second-order valence-corrected chi connectivity index (χ2v) is 6.80. The fourth-order valence-corrected chi connectivity index (χ4v) is 2.85. The molecule has 0 fully saturated rings. The summed E-state index contributed by atoms with van der Waals surface area (Å²) in [6, 6.07) is 18.5. The molecule has 31 heavy (non-hydrogen) atoms. The molecule has 3 rings (SSSR count). The Morgan fingerprint density at radius 3 is 1.42 bits per heavy atom. The number of benzene rings is 3. The van der Waals surface area contributed by atoms with E-state index in [4.69, 9.17) is 31.8 Å². The maximum Gasteiger partial charge on any atom is 0.335 e. The van der Waals surface area contributed by atoms with Crippen LogP contribution in [0.3, 0.4) is 0 Å². The number of nitrogens with one attached hydrogen (secondary N) is 2. The molecule has 0 radical (unpaired) electrons. The Balaban J connectivity index is 1.70. The third-order valence-electron chi connectivity index (χ3n) is 4.44. The van der Waals surface area contributed by atoms with E-state index in [0.717, 1.165) is 0 Å². The van der Waals surface area contributed by atoms with E-state index in [0.29, 0.717) is 33.8 Å². The van der Waals surface area contributed by atoms with Crippen LogP contribution >= 0.6 is 0 Å². The van der Waals surface area contributed by atoms with E-state index in [-0.39, 0.29) is 30.4 Å². The van der Waals surface area contributed by atoms with E-state index >= 15 is 0 Å². The molecule has 0 atom stereocenters. The second-order valence-electron chi connectivity index (χ2n) is 6.80. The zero-order valence-electron chi connectivity index (χ0n) is 16.6. The summed E-state index contributed by atoms with van der Waals surface area (Å²) < 4.78 is 11.5. The highest BCUT2D eigenvalue weighted by Crippen LogP contribution is 2.19. The lowest BCUT2D eigenvalue weighted by Crippen LogP contribution is -2.10. The molecule has 3 aromatic carbocycles. The summed E-state index contributed by atoms with van der Waals surface area (Å²) in [6.07, 6.45) is 0. The van der Waals surface area contributed by atoms with Gasteiger partial charge in [-0.25, -0.2) is 4.79 Å². The molecular formula is C23H22N4O4. The van der Waals surface area contributed by atoms with E-state index in [1.165, 1.54) is 0 Å². The first-order chi connectivity index (χ1) is 14.8. The standard InChI is InChI=1S/C23H22N4O4/c24-21(25)16-1-5-19(6-2-16)30-12-14-9-15(11-18(10-14)23(28)29)13-31-20-7-3-17(4-8-20)22(26)27/h1-11H,12-13H2,(H3,24,25)(H3,26,27)(H,28,29). The van der Waals surface area contributed by atoms with Crippen molar-refractivity contribution in [3.63, 3.8) is 0 Å². The molecule has 0 unspecified atom stereocenters. The van der Waals surface area contributed by atoms with E-state index in [1.54, 1.807) is 60.7 Å². The van der Waals surface area contributed by atoms with Gasteiger partial charge in [0.25, 0.3) is 0 Å². The first kappa shape index (κ1) is 21.4. The Labute approximate surface area is 179 Å². The Morgan fingerprint density at radius 2 is 1.10 bits per heavy atom. The number of carbonyl (C=O) groups is 1. The minimum Gasteiger partial charge on any atom is -0.489 e. The van der Waals surface area contributed by atoms with Crippen molar-refractivity contribution < 1.29 is 19.4 Å². The monoisotopic (exact) mass is 418 g/mol. The topological polar surface area (TPSA) is 156 Å². The summed E-state index contributed by atoms with van der Waals surface area (Å²) in [6.45, 7) is 0.335. The van der Waals surface area contributed by atoms with Gasteiger partial charge in [-0.1, -0.05) is 0 Å². The Kier molecular flexibility index (Phi) is 6.51. The lowest BCUT2D eigenvalue weighted by molar-refractivity contribution is 0.0696. The highest BCUT2D eigenvalue weighted by molar-refractivity contribution is 5.95. The van der Waals surface area contributed by atoms with Crippen LogP contribution in [0.1, 0.15) is 32.6 Å². The third kappa shape index (κ3) is 5.83. The van der Waals surface area contributed by atoms with Gasteiger partial charge in [-0.05, 0) is 77.9 Å². The number of carboxylic acids is 1. The molecule has 0 amide bonds. The van der Waals surface area contributed by atoms with Gasteiger partial charge in [-0.2, -0.15) is 0 Å². The molecule has 0 aliphatic heterocycles. The van der Waals surface area contributed by atoms with Gasteiger partial charge in [0.1, 0.15) is 36.4 Å². The Morgan fingerprint density at radius 1 is 0.710 bits per heavy atom. The van der Waals surface area contributed by atoms with Crippen LogP contribution in [0.25, 0.3) is 0 Å². The number of hydrogen-bond donors (Lipinski definition) is 5. The summed E-state index contributed by atoms with van der Waals surface area (Å²) in [7, 11) is 0. The quantitative estimate of drug-likeness (QED) is 0.265. The molecule has 8 heteroatoms. The summed E-state index contributed by atoms with van der Waals surface area (Å²) in [4.78, 5) is 11.5. The molecule has 0 spiro atoms. The van der Waals surface area contributed by atoms with Gasteiger partial charge in [0.15, 0.2) is 0 Å². The van der Waals surface area contributed by atoms with Crippen molar-refractivity contribution in [2.24, 2.45) is 11.5 Å². The number of carboxylic acid groups (broad SMARTS) is 1. The molecule has 0 bridgehead atoms. The highest BCUT2D eigenvalue weighted by atomic mass is 16.5. The molecule has 3 aromatic rings. The first-order valence-electron chi connectivity index (χ1n) is 9.32. The van der Waals surface area contributed by atoms with Crippen molar-refractivity contribution in [3.05, 3.63) is 94.5 Å². The highest BCUT2D eigenvalue weighted by Gasteiger charge is 2.09. The van der Waals surface area contributed by atoms with Crippen LogP contribution in [0.15, 0.2) is 66.7 Å². The van der Waals surface area contributed by atoms with Gasteiger partial charge in [-0.3, -0.25) is 10.8 Å². The Hall–Kier alpha value is -4.33. The number of amidine groups is 2. The number of hydrogen-bond acceptors (Lipinski definition) is 5. The number of ether oxygens (including phenoxy) is 2. The first-order valence-corrected chi connectivity index (χ1v) is 9.32. The molecule has 0 saturated carbocycles. The zero-order chi connectivity index (χ0) is 22.4. The zero-order valence-corrected chi connectivity index (χ0v) is 16.6. The van der Waals surface area contributed by atoms with Crippen LogP contribution in [-0.2, 0) is 13.2 Å². The molecule has 0 aromatic heterocycles. The fourth-order valence-electron chi connectivity index (χ4n) is 2.85. The number of rotatable bonds is 9. The average Bonchev–Trinajstić information content (AvgIpc) is 2.76. The molecule has 0 aliphatic carbocycles. The number of nitrogen functional groups attached to an aromatic ring is 2. The van der Waals surface area contributed by atoms with Gasteiger partial charge >= 0.3 is 5.97 Å². The molecule has 0 aliphatic rings. The lowest BCUT2D eigenvalue weighted by atomic mass is 10.1. The maximum atomic E-state index is 11.5. The molecule has 7 N–H and O–H groups in total. The minimum absolute atomic E-state index is 0.0266. The summed E-state index contributed by atoms with van der Waals surface area (Å²) in [5.74, 6) is 0.0606. The molecule has 8 nitrogen and oxygen atoms in total.